The Balaban J connectivity index is 2.45. The number of benzene rings is 1. The molecule has 0 aliphatic rings. The molecule has 19 heavy (non-hydrogen) atoms. The Bertz CT molecular complexity index is 710. The molecule has 6 nitrogen and oxygen atoms in total. The Morgan fingerprint density at radius 3 is 2.74 bits per heavy atom. The van der Waals surface area contributed by atoms with Gasteiger partial charge in [0, 0.05) is 17.2 Å². The van der Waals surface area contributed by atoms with E-state index in [1.807, 2.05) is 0 Å². The van der Waals surface area contributed by atoms with E-state index in [2.05, 4.69) is 25.8 Å². The molecular formula is C10H10BrClN4O2S. The molecule has 3 N–H and O–H groups in total. The molecule has 0 saturated heterocycles. The first-order chi connectivity index (χ1) is 8.81. The van der Waals surface area contributed by atoms with E-state index in [0.717, 1.165) is 0 Å². The van der Waals surface area contributed by atoms with Crippen LogP contribution in [-0.2, 0) is 17.1 Å². The van der Waals surface area contributed by atoms with Gasteiger partial charge in [0.05, 0.1) is 16.9 Å². The highest BCUT2D eigenvalue weighted by Gasteiger charge is 2.23. The van der Waals surface area contributed by atoms with Crippen LogP contribution in [0, 0.1) is 0 Å². The summed E-state index contributed by atoms with van der Waals surface area (Å²) in [5.41, 5.74) is 6.40. The van der Waals surface area contributed by atoms with Gasteiger partial charge in [-0.3, -0.25) is 9.40 Å². The highest BCUT2D eigenvalue weighted by molar-refractivity contribution is 9.10. The van der Waals surface area contributed by atoms with Crippen molar-refractivity contribution in [1.29, 1.82) is 0 Å². The number of aryl methyl sites for hydroxylation is 1. The fraction of sp³-hybridized carbons (Fsp3) is 0.100. The van der Waals surface area contributed by atoms with Crippen LogP contribution in [0.15, 0.2) is 33.9 Å². The predicted molar refractivity (Wildman–Crippen MR) is 77.6 cm³/mol. The lowest BCUT2D eigenvalue weighted by Gasteiger charge is -2.10. The number of nitrogens with zero attached hydrogens (tertiary/aromatic N) is 2. The average Bonchev–Trinajstić information content (AvgIpc) is 2.64. The quantitative estimate of drug-likeness (QED) is 0.816. The number of sulfonamides is 1. The van der Waals surface area contributed by atoms with Crippen molar-refractivity contribution >= 4 is 48.9 Å². The van der Waals surface area contributed by atoms with Crippen molar-refractivity contribution in [3.05, 3.63) is 33.9 Å². The van der Waals surface area contributed by atoms with Gasteiger partial charge in [-0.25, -0.2) is 0 Å². The number of nitrogens with one attached hydrogen (secondary N) is 1. The van der Waals surface area contributed by atoms with Crippen LogP contribution in [0.25, 0.3) is 0 Å². The lowest BCUT2D eigenvalue weighted by Crippen LogP contribution is -2.17. The molecule has 102 valence electrons. The molecule has 0 aliphatic heterocycles. The zero-order valence-corrected chi connectivity index (χ0v) is 12.9. The molecule has 0 spiro atoms. The molecule has 1 aromatic carbocycles. The first-order valence-corrected chi connectivity index (χ1v) is 7.72. The van der Waals surface area contributed by atoms with Crippen molar-refractivity contribution in [1.82, 2.24) is 9.78 Å². The molecule has 0 amide bonds. The summed E-state index contributed by atoms with van der Waals surface area (Å²) in [6.07, 6.45) is 1.27. The SMILES string of the molecule is Cn1ncc(Cl)c1S(=O)(=O)Nc1cc(N)ccc1Br. The van der Waals surface area contributed by atoms with Crippen LogP contribution in [0.3, 0.4) is 0 Å². The third kappa shape index (κ3) is 2.85. The van der Waals surface area contributed by atoms with Crippen molar-refractivity contribution in [3.8, 4) is 0 Å². The highest BCUT2D eigenvalue weighted by atomic mass is 79.9. The second-order valence-electron chi connectivity index (χ2n) is 3.77. The second-order valence-corrected chi connectivity index (χ2v) is 6.63. The molecule has 0 saturated carbocycles. The first kappa shape index (κ1) is 14.2. The van der Waals surface area contributed by atoms with Gasteiger partial charge in [0.25, 0.3) is 10.0 Å². The normalized spacial score (nSPS) is 11.5. The van der Waals surface area contributed by atoms with E-state index >= 15 is 0 Å². The van der Waals surface area contributed by atoms with Crippen LogP contribution in [0.5, 0.6) is 0 Å². The van der Waals surface area contributed by atoms with Crippen LogP contribution >= 0.6 is 27.5 Å². The van der Waals surface area contributed by atoms with E-state index in [4.69, 9.17) is 17.3 Å². The molecule has 2 rings (SSSR count). The van der Waals surface area contributed by atoms with Gasteiger partial charge >= 0.3 is 0 Å². The van der Waals surface area contributed by atoms with Crippen LogP contribution in [0.1, 0.15) is 0 Å². The number of hydrogen-bond donors (Lipinski definition) is 2. The average molecular weight is 366 g/mol. The summed E-state index contributed by atoms with van der Waals surface area (Å²) >= 11 is 9.07. The summed E-state index contributed by atoms with van der Waals surface area (Å²) in [5, 5.41) is 3.74. The molecule has 0 atom stereocenters. The Morgan fingerprint density at radius 2 is 2.16 bits per heavy atom. The standard InChI is InChI=1S/C10H10BrClN4O2S/c1-16-10(8(12)5-14-16)19(17,18)15-9-4-6(13)2-3-7(9)11/h2-5,15H,13H2,1H3. The van der Waals surface area contributed by atoms with Crippen LogP contribution in [0.2, 0.25) is 5.02 Å². The van der Waals surface area contributed by atoms with Crippen molar-refractivity contribution in [3.63, 3.8) is 0 Å². The minimum atomic E-state index is -3.84. The number of aromatic nitrogens is 2. The zero-order valence-electron chi connectivity index (χ0n) is 9.76. The third-order valence-electron chi connectivity index (χ3n) is 2.33. The highest BCUT2D eigenvalue weighted by Crippen LogP contribution is 2.28. The largest absolute Gasteiger partial charge is 0.399 e. The number of anilines is 2. The van der Waals surface area contributed by atoms with Gasteiger partial charge in [0.1, 0.15) is 0 Å². The number of nitrogen functional groups attached to an aromatic ring is 1. The maximum absolute atomic E-state index is 12.2. The smallest absolute Gasteiger partial charge is 0.280 e. The van der Waals surface area contributed by atoms with Crippen molar-refractivity contribution in [2.75, 3.05) is 10.5 Å². The summed E-state index contributed by atoms with van der Waals surface area (Å²) in [4.78, 5) is 0. The molecule has 9 heteroatoms. The topological polar surface area (TPSA) is 90.0 Å². The van der Waals surface area contributed by atoms with E-state index in [0.29, 0.717) is 15.8 Å². The van der Waals surface area contributed by atoms with E-state index < -0.39 is 10.0 Å². The minimum absolute atomic E-state index is 0.0509. The lowest BCUT2D eigenvalue weighted by atomic mass is 10.3. The summed E-state index contributed by atoms with van der Waals surface area (Å²) in [6, 6.07) is 4.81. The maximum Gasteiger partial charge on any atom is 0.280 e. The van der Waals surface area contributed by atoms with Gasteiger partial charge in [-0.15, -0.1) is 0 Å². The van der Waals surface area contributed by atoms with E-state index in [9.17, 15) is 8.42 Å². The number of hydrogen-bond acceptors (Lipinski definition) is 4. The van der Waals surface area contributed by atoms with E-state index in [1.54, 1.807) is 12.1 Å². The zero-order chi connectivity index (χ0) is 14.2. The predicted octanol–water partition coefficient (Wildman–Crippen LogP) is 2.22. The summed E-state index contributed by atoms with van der Waals surface area (Å²) in [7, 11) is -2.34. The molecule has 0 bridgehead atoms. The Kier molecular flexibility index (Phi) is 3.75. The van der Waals surface area contributed by atoms with Crippen molar-refractivity contribution < 1.29 is 8.42 Å². The summed E-state index contributed by atoms with van der Waals surface area (Å²) < 4.78 is 28.7. The molecule has 0 aliphatic carbocycles. The molecule has 0 radical (unpaired) electrons. The van der Waals surface area contributed by atoms with Crippen LogP contribution in [-0.4, -0.2) is 18.2 Å². The Labute approximate surface area is 123 Å². The Morgan fingerprint density at radius 1 is 1.47 bits per heavy atom. The molecule has 1 heterocycles. The second kappa shape index (κ2) is 5.03. The van der Waals surface area contributed by atoms with E-state index in [-0.39, 0.29) is 10.0 Å². The van der Waals surface area contributed by atoms with E-state index in [1.165, 1.54) is 24.0 Å². The lowest BCUT2D eigenvalue weighted by molar-refractivity contribution is 0.582. The van der Waals surface area contributed by atoms with Crippen LogP contribution in [0.4, 0.5) is 11.4 Å². The minimum Gasteiger partial charge on any atom is -0.399 e. The molecular weight excluding hydrogens is 356 g/mol. The van der Waals surface area contributed by atoms with Gasteiger partial charge in [0.15, 0.2) is 5.03 Å². The van der Waals surface area contributed by atoms with Gasteiger partial charge in [-0.2, -0.15) is 13.5 Å². The van der Waals surface area contributed by atoms with Crippen LogP contribution < -0.4 is 10.5 Å². The fourth-order valence-corrected chi connectivity index (χ4v) is 3.72. The number of rotatable bonds is 3. The fourth-order valence-electron chi connectivity index (χ4n) is 1.52. The summed E-state index contributed by atoms with van der Waals surface area (Å²) in [6.45, 7) is 0. The Hall–Kier alpha value is -1.25. The molecule has 0 unspecified atom stereocenters. The molecule has 0 fully saturated rings. The number of halogens is 2. The van der Waals surface area contributed by atoms with Gasteiger partial charge in [-0.05, 0) is 34.1 Å². The molecule has 1 aromatic heterocycles. The van der Waals surface area contributed by atoms with Gasteiger partial charge in [0.2, 0.25) is 0 Å². The monoisotopic (exact) mass is 364 g/mol. The van der Waals surface area contributed by atoms with Crippen molar-refractivity contribution in [2.45, 2.75) is 5.03 Å². The molecule has 2 aromatic rings. The van der Waals surface area contributed by atoms with Crippen molar-refractivity contribution in [2.24, 2.45) is 7.05 Å². The maximum atomic E-state index is 12.2. The van der Waals surface area contributed by atoms with Gasteiger partial charge < -0.3 is 5.73 Å². The van der Waals surface area contributed by atoms with Gasteiger partial charge in [-0.1, -0.05) is 11.6 Å². The first-order valence-electron chi connectivity index (χ1n) is 5.06. The summed E-state index contributed by atoms with van der Waals surface area (Å²) in [5.74, 6) is 0. The number of nitrogens with two attached hydrogens (primary N) is 1. The third-order valence-corrected chi connectivity index (χ3v) is 4.89.